The van der Waals surface area contributed by atoms with Crippen LogP contribution in [-0.4, -0.2) is 10.2 Å². The van der Waals surface area contributed by atoms with Gasteiger partial charge in [0.1, 0.15) is 5.75 Å². The fourth-order valence-electron chi connectivity index (χ4n) is 3.38. The summed E-state index contributed by atoms with van der Waals surface area (Å²) in [6.07, 6.45) is 15.4. The molecule has 144 valence electrons. The van der Waals surface area contributed by atoms with Gasteiger partial charge in [-0.1, -0.05) is 67.5 Å². The van der Waals surface area contributed by atoms with Crippen LogP contribution in [0.5, 0.6) is 5.75 Å². The minimum absolute atomic E-state index is 0.0382. The maximum Gasteiger partial charge on any atom is 0.118 e. The molecule has 0 atom stereocenters. The SMILES string of the molecule is CC(/C=C/C1=C(O)CCCC1(C)C)=C\C=C\C(C)=C\c1ccc(O)c(C)c1. The Kier molecular flexibility index (Phi) is 6.90. The second-order valence-corrected chi connectivity index (χ2v) is 8.14. The first-order valence-corrected chi connectivity index (χ1v) is 9.62. The molecule has 0 saturated carbocycles. The smallest absolute Gasteiger partial charge is 0.118 e. The van der Waals surface area contributed by atoms with Gasteiger partial charge in [0, 0.05) is 6.42 Å². The van der Waals surface area contributed by atoms with Gasteiger partial charge in [0.2, 0.25) is 0 Å². The van der Waals surface area contributed by atoms with E-state index in [1.807, 2.05) is 25.1 Å². The Morgan fingerprint density at radius 3 is 2.48 bits per heavy atom. The van der Waals surface area contributed by atoms with Crippen molar-refractivity contribution in [2.75, 3.05) is 0 Å². The van der Waals surface area contributed by atoms with E-state index in [4.69, 9.17) is 0 Å². The molecule has 0 fully saturated rings. The Bertz CT molecular complexity index is 830. The number of rotatable bonds is 5. The van der Waals surface area contributed by atoms with Crippen molar-refractivity contribution in [2.24, 2.45) is 5.41 Å². The number of allylic oxidation sites excluding steroid dienone is 9. The number of phenolic OH excluding ortho intramolecular Hbond substituents is 1. The highest BCUT2D eigenvalue weighted by molar-refractivity contribution is 5.57. The monoisotopic (exact) mass is 364 g/mol. The van der Waals surface area contributed by atoms with Gasteiger partial charge in [0.05, 0.1) is 5.76 Å². The number of phenols is 1. The average molecular weight is 365 g/mol. The predicted molar refractivity (Wildman–Crippen MR) is 116 cm³/mol. The zero-order valence-electron chi connectivity index (χ0n) is 17.2. The van der Waals surface area contributed by atoms with Crippen LogP contribution in [0.1, 0.15) is 58.1 Å². The maximum absolute atomic E-state index is 10.2. The lowest BCUT2D eigenvalue weighted by Crippen LogP contribution is -2.19. The van der Waals surface area contributed by atoms with Crippen LogP contribution in [0.15, 0.2) is 71.1 Å². The molecule has 2 nitrogen and oxygen atoms in total. The van der Waals surface area contributed by atoms with Gasteiger partial charge in [-0.15, -0.1) is 0 Å². The highest BCUT2D eigenvalue weighted by Crippen LogP contribution is 2.40. The fraction of sp³-hybridized carbons (Fsp3) is 0.360. The van der Waals surface area contributed by atoms with Crippen molar-refractivity contribution in [3.8, 4) is 5.75 Å². The first-order valence-electron chi connectivity index (χ1n) is 9.62. The highest BCUT2D eigenvalue weighted by atomic mass is 16.3. The molecule has 0 amide bonds. The van der Waals surface area contributed by atoms with E-state index >= 15 is 0 Å². The zero-order chi connectivity index (χ0) is 20.0. The summed E-state index contributed by atoms with van der Waals surface area (Å²) in [5.41, 5.74) is 5.34. The summed E-state index contributed by atoms with van der Waals surface area (Å²) in [7, 11) is 0. The summed E-state index contributed by atoms with van der Waals surface area (Å²) in [4.78, 5) is 0. The van der Waals surface area contributed by atoms with E-state index < -0.39 is 0 Å². The van der Waals surface area contributed by atoms with E-state index in [2.05, 4.69) is 58.1 Å². The van der Waals surface area contributed by atoms with Crippen molar-refractivity contribution >= 4 is 6.08 Å². The quantitative estimate of drug-likeness (QED) is 0.543. The second kappa shape index (κ2) is 8.94. The van der Waals surface area contributed by atoms with E-state index in [9.17, 15) is 10.2 Å². The maximum atomic E-state index is 10.2. The van der Waals surface area contributed by atoms with Gasteiger partial charge in [-0.05, 0) is 67.9 Å². The summed E-state index contributed by atoms with van der Waals surface area (Å²) in [6, 6.07) is 5.61. The molecule has 0 radical (unpaired) electrons. The summed E-state index contributed by atoms with van der Waals surface area (Å²) < 4.78 is 0. The molecule has 0 saturated heterocycles. The minimum atomic E-state index is 0.0382. The van der Waals surface area contributed by atoms with Crippen molar-refractivity contribution in [3.05, 3.63) is 82.2 Å². The summed E-state index contributed by atoms with van der Waals surface area (Å²) in [5.74, 6) is 0.863. The molecule has 0 aliphatic heterocycles. The van der Waals surface area contributed by atoms with Crippen LogP contribution >= 0.6 is 0 Å². The van der Waals surface area contributed by atoms with Crippen molar-refractivity contribution in [1.82, 2.24) is 0 Å². The molecular weight excluding hydrogens is 332 g/mol. The van der Waals surface area contributed by atoms with Crippen LogP contribution < -0.4 is 0 Å². The molecule has 0 spiro atoms. The molecule has 2 N–H and O–H groups in total. The first kappa shape index (κ1) is 20.8. The van der Waals surface area contributed by atoms with Crippen LogP contribution in [-0.2, 0) is 0 Å². The number of aliphatic hydroxyl groups excluding tert-OH is 1. The Labute approximate surface area is 163 Å². The molecule has 0 heterocycles. The number of aryl methyl sites for hydroxylation is 1. The molecule has 2 rings (SSSR count). The van der Waals surface area contributed by atoms with Gasteiger partial charge < -0.3 is 10.2 Å². The van der Waals surface area contributed by atoms with Gasteiger partial charge >= 0.3 is 0 Å². The number of aliphatic hydroxyl groups is 1. The lowest BCUT2D eigenvalue weighted by molar-refractivity contribution is 0.292. The second-order valence-electron chi connectivity index (χ2n) is 8.14. The molecular formula is C25H32O2. The third-order valence-electron chi connectivity index (χ3n) is 5.10. The van der Waals surface area contributed by atoms with Crippen molar-refractivity contribution in [3.63, 3.8) is 0 Å². The van der Waals surface area contributed by atoms with Crippen LogP contribution in [0.2, 0.25) is 0 Å². The number of hydrogen-bond acceptors (Lipinski definition) is 2. The largest absolute Gasteiger partial charge is 0.512 e. The number of hydrogen-bond donors (Lipinski definition) is 2. The lowest BCUT2D eigenvalue weighted by Gasteiger charge is -2.31. The predicted octanol–water partition coefficient (Wildman–Crippen LogP) is 7.18. The van der Waals surface area contributed by atoms with Crippen molar-refractivity contribution in [2.45, 2.75) is 53.9 Å². The molecule has 0 aromatic heterocycles. The van der Waals surface area contributed by atoms with Gasteiger partial charge in [-0.3, -0.25) is 0 Å². The molecule has 1 aliphatic carbocycles. The van der Waals surface area contributed by atoms with Gasteiger partial charge in [0.25, 0.3) is 0 Å². The van der Waals surface area contributed by atoms with E-state index in [-0.39, 0.29) is 5.41 Å². The number of benzene rings is 1. The van der Waals surface area contributed by atoms with E-state index in [0.29, 0.717) is 11.5 Å². The molecule has 0 unspecified atom stereocenters. The molecule has 1 aliphatic rings. The molecule has 27 heavy (non-hydrogen) atoms. The molecule has 0 bridgehead atoms. The van der Waals surface area contributed by atoms with E-state index in [0.717, 1.165) is 47.1 Å². The standard InChI is InChI=1S/C25H32O2/c1-18(11-13-22-24(27)10-7-15-25(22,4)5)8-6-9-19(2)16-21-12-14-23(26)20(3)17-21/h6,8-9,11-14,16-17,26-27H,7,10,15H2,1-5H3/b9-6+,13-11+,18-8+,19-16+. The molecule has 1 aromatic rings. The van der Waals surface area contributed by atoms with Crippen LogP contribution in [0.25, 0.3) is 6.08 Å². The summed E-state index contributed by atoms with van der Waals surface area (Å²) >= 11 is 0. The molecule has 2 heteroatoms. The van der Waals surface area contributed by atoms with Gasteiger partial charge in [-0.25, -0.2) is 0 Å². The Morgan fingerprint density at radius 1 is 1.07 bits per heavy atom. The Morgan fingerprint density at radius 2 is 1.81 bits per heavy atom. The highest BCUT2D eigenvalue weighted by Gasteiger charge is 2.28. The van der Waals surface area contributed by atoms with Gasteiger partial charge in [-0.2, -0.15) is 0 Å². The normalized spacial score (nSPS) is 18.7. The fourth-order valence-corrected chi connectivity index (χ4v) is 3.38. The van der Waals surface area contributed by atoms with E-state index in [1.54, 1.807) is 6.07 Å². The van der Waals surface area contributed by atoms with E-state index in [1.165, 1.54) is 0 Å². The number of aromatic hydroxyl groups is 1. The van der Waals surface area contributed by atoms with Gasteiger partial charge in [0.15, 0.2) is 0 Å². The van der Waals surface area contributed by atoms with Crippen LogP contribution in [0, 0.1) is 12.3 Å². The van der Waals surface area contributed by atoms with Crippen molar-refractivity contribution < 1.29 is 10.2 Å². The Balaban J connectivity index is 2.05. The topological polar surface area (TPSA) is 40.5 Å². The average Bonchev–Trinajstić information content (AvgIpc) is 2.57. The summed E-state index contributed by atoms with van der Waals surface area (Å²) in [5, 5.41) is 19.8. The zero-order valence-corrected chi connectivity index (χ0v) is 17.2. The third-order valence-corrected chi connectivity index (χ3v) is 5.10. The lowest BCUT2D eigenvalue weighted by atomic mass is 9.74. The minimum Gasteiger partial charge on any atom is -0.512 e. The van der Waals surface area contributed by atoms with Crippen LogP contribution in [0.3, 0.4) is 0 Å². The summed E-state index contributed by atoms with van der Waals surface area (Å²) in [6.45, 7) is 10.4. The van der Waals surface area contributed by atoms with Crippen LogP contribution in [0.4, 0.5) is 0 Å². The third kappa shape index (κ3) is 6.02. The Hall–Kier alpha value is -2.48. The molecule has 1 aromatic carbocycles. The van der Waals surface area contributed by atoms with Crippen molar-refractivity contribution in [1.29, 1.82) is 0 Å². The first-order chi connectivity index (χ1) is 12.7.